The summed E-state index contributed by atoms with van der Waals surface area (Å²) < 4.78 is 3.43. The van der Waals surface area contributed by atoms with Crippen LogP contribution in [0.1, 0.15) is 40.2 Å². The van der Waals surface area contributed by atoms with E-state index < -0.39 is 0 Å². The summed E-state index contributed by atoms with van der Waals surface area (Å²) in [6.45, 7) is 8.84. The molecule has 4 heteroatoms. The van der Waals surface area contributed by atoms with Crippen molar-refractivity contribution in [1.29, 1.82) is 0 Å². The summed E-state index contributed by atoms with van der Waals surface area (Å²) in [7, 11) is 0. The van der Waals surface area contributed by atoms with E-state index in [4.69, 9.17) is 5.73 Å². The number of nitrogens with zero attached hydrogens (tertiary/aromatic N) is 2. The zero-order valence-corrected chi connectivity index (χ0v) is 10.7. The van der Waals surface area contributed by atoms with Crippen molar-refractivity contribution < 1.29 is 0 Å². The zero-order valence-electron chi connectivity index (χ0n) is 10.7. The van der Waals surface area contributed by atoms with Gasteiger partial charge in [0.05, 0.1) is 0 Å². The van der Waals surface area contributed by atoms with Crippen LogP contribution < -0.4 is 11.4 Å². The van der Waals surface area contributed by atoms with Gasteiger partial charge in [0, 0.05) is 31.0 Å². The highest BCUT2D eigenvalue weighted by Gasteiger charge is 2.13. The van der Waals surface area contributed by atoms with Crippen molar-refractivity contribution >= 4 is 0 Å². The van der Waals surface area contributed by atoms with Gasteiger partial charge in [0.1, 0.15) is 0 Å². The van der Waals surface area contributed by atoms with Crippen LogP contribution in [0.3, 0.4) is 0 Å². The van der Waals surface area contributed by atoms with Crippen molar-refractivity contribution in [2.75, 3.05) is 0 Å². The van der Waals surface area contributed by atoms with Gasteiger partial charge in [-0.05, 0) is 19.8 Å². The Bertz CT molecular complexity index is 378. The molecule has 92 valence electrons. The molecule has 0 aliphatic carbocycles. The van der Waals surface area contributed by atoms with Gasteiger partial charge in [-0.25, -0.2) is 4.79 Å². The molecule has 0 aromatic carbocycles. The van der Waals surface area contributed by atoms with Gasteiger partial charge < -0.3 is 5.73 Å². The Kier molecular flexibility index (Phi) is 4.35. The molecule has 16 heavy (non-hydrogen) atoms. The molecule has 1 rings (SSSR count). The quantitative estimate of drug-likeness (QED) is 0.827. The minimum Gasteiger partial charge on any atom is -0.326 e. The fraction of sp³-hybridized carbons (Fsp3) is 0.750. The lowest BCUT2D eigenvalue weighted by Gasteiger charge is -2.18. The minimum absolute atomic E-state index is 0.0359. The van der Waals surface area contributed by atoms with Crippen LogP contribution in [0.4, 0.5) is 0 Å². The largest absolute Gasteiger partial charge is 0.328 e. The van der Waals surface area contributed by atoms with Crippen LogP contribution in [0.5, 0.6) is 0 Å². The molecular formula is C12H23N3O. The molecule has 1 heterocycles. The van der Waals surface area contributed by atoms with E-state index in [1.165, 1.54) is 0 Å². The van der Waals surface area contributed by atoms with Gasteiger partial charge in [-0.3, -0.25) is 9.13 Å². The molecule has 4 nitrogen and oxygen atoms in total. The average molecular weight is 225 g/mol. The number of imidazole rings is 1. The fourth-order valence-electron chi connectivity index (χ4n) is 1.67. The number of nitrogens with two attached hydrogens (primary N) is 1. The van der Waals surface area contributed by atoms with Crippen molar-refractivity contribution in [3.63, 3.8) is 0 Å². The van der Waals surface area contributed by atoms with Crippen LogP contribution in [-0.2, 0) is 6.54 Å². The predicted octanol–water partition coefficient (Wildman–Crippen LogP) is 1.60. The summed E-state index contributed by atoms with van der Waals surface area (Å²) in [6.07, 6.45) is 4.70. The summed E-state index contributed by atoms with van der Waals surface area (Å²) in [5, 5.41) is 0. The Hall–Kier alpha value is -1.03. The third-order valence-corrected chi connectivity index (χ3v) is 3.21. The minimum atomic E-state index is 0.0359. The number of aromatic nitrogens is 2. The van der Waals surface area contributed by atoms with E-state index in [0.29, 0.717) is 12.5 Å². The standard InChI is InChI=1S/C12H23N3O/c1-5-10(4)11(13)8-14-6-7-15(9(2)3)12(14)16/h6-7,9-11H,5,8,13H2,1-4H3. The molecule has 0 aliphatic rings. The van der Waals surface area contributed by atoms with Crippen LogP contribution in [0, 0.1) is 5.92 Å². The SMILES string of the molecule is CCC(C)C(N)Cn1ccn(C(C)C)c1=O. The van der Waals surface area contributed by atoms with Crippen molar-refractivity contribution in [2.24, 2.45) is 11.7 Å². The van der Waals surface area contributed by atoms with Crippen LogP contribution in [0.25, 0.3) is 0 Å². The lowest BCUT2D eigenvalue weighted by molar-refractivity contribution is 0.389. The molecule has 2 atom stereocenters. The molecule has 0 bridgehead atoms. The Morgan fingerprint density at radius 3 is 2.38 bits per heavy atom. The zero-order chi connectivity index (χ0) is 12.3. The predicted molar refractivity (Wildman–Crippen MR) is 66.5 cm³/mol. The second kappa shape index (κ2) is 5.34. The van der Waals surface area contributed by atoms with E-state index in [-0.39, 0.29) is 17.8 Å². The van der Waals surface area contributed by atoms with E-state index in [0.717, 1.165) is 6.42 Å². The number of rotatable bonds is 5. The van der Waals surface area contributed by atoms with Crippen LogP contribution in [0.15, 0.2) is 17.2 Å². The van der Waals surface area contributed by atoms with Gasteiger partial charge >= 0.3 is 5.69 Å². The van der Waals surface area contributed by atoms with Gasteiger partial charge in [-0.15, -0.1) is 0 Å². The molecule has 1 aromatic heterocycles. The fourth-order valence-corrected chi connectivity index (χ4v) is 1.67. The Morgan fingerprint density at radius 2 is 1.94 bits per heavy atom. The number of hydrogen-bond acceptors (Lipinski definition) is 2. The first kappa shape index (κ1) is 13.0. The monoisotopic (exact) mass is 225 g/mol. The lowest BCUT2D eigenvalue weighted by Crippen LogP contribution is -2.37. The topological polar surface area (TPSA) is 52.9 Å². The highest BCUT2D eigenvalue weighted by molar-refractivity contribution is 4.85. The summed E-state index contributed by atoms with van der Waals surface area (Å²) in [4.78, 5) is 11.9. The normalized spacial score (nSPS) is 15.4. The van der Waals surface area contributed by atoms with E-state index in [1.807, 2.05) is 26.2 Å². The van der Waals surface area contributed by atoms with Crippen molar-refractivity contribution in [1.82, 2.24) is 9.13 Å². The molecule has 0 spiro atoms. The summed E-state index contributed by atoms with van der Waals surface area (Å²) in [6, 6.07) is 0.249. The van der Waals surface area contributed by atoms with Gasteiger partial charge in [-0.2, -0.15) is 0 Å². The first-order valence-corrected chi connectivity index (χ1v) is 6.00. The van der Waals surface area contributed by atoms with Gasteiger partial charge in [0.2, 0.25) is 0 Å². The van der Waals surface area contributed by atoms with E-state index >= 15 is 0 Å². The Balaban J connectivity index is 2.79. The molecule has 1 aromatic rings. The Morgan fingerprint density at radius 1 is 1.31 bits per heavy atom. The second-order valence-corrected chi connectivity index (χ2v) is 4.78. The summed E-state index contributed by atoms with van der Waals surface area (Å²) >= 11 is 0. The molecule has 2 N–H and O–H groups in total. The molecule has 2 unspecified atom stereocenters. The smallest absolute Gasteiger partial charge is 0.326 e. The molecule has 0 aliphatic heterocycles. The van der Waals surface area contributed by atoms with Gasteiger partial charge in [0.15, 0.2) is 0 Å². The first-order chi connectivity index (χ1) is 7.47. The molecule has 0 amide bonds. The third-order valence-electron chi connectivity index (χ3n) is 3.21. The highest BCUT2D eigenvalue weighted by atomic mass is 16.1. The molecule has 0 saturated heterocycles. The van der Waals surface area contributed by atoms with Crippen LogP contribution in [-0.4, -0.2) is 15.2 Å². The van der Waals surface area contributed by atoms with E-state index in [2.05, 4.69) is 13.8 Å². The number of hydrogen-bond donors (Lipinski definition) is 1. The maximum absolute atomic E-state index is 11.9. The van der Waals surface area contributed by atoms with Crippen LogP contribution in [0.2, 0.25) is 0 Å². The first-order valence-electron chi connectivity index (χ1n) is 6.00. The second-order valence-electron chi connectivity index (χ2n) is 4.78. The summed E-state index contributed by atoms with van der Waals surface area (Å²) in [5.74, 6) is 0.439. The molecular weight excluding hydrogens is 202 g/mol. The third kappa shape index (κ3) is 2.76. The van der Waals surface area contributed by atoms with Gasteiger partial charge in [0.25, 0.3) is 0 Å². The Labute approximate surface area is 97.1 Å². The molecule has 0 saturated carbocycles. The van der Waals surface area contributed by atoms with E-state index in [1.54, 1.807) is 9.13 Å². The molecule has 0 radical (unpaired) electrons. The van der Waals surface area contributed by atoms with E-state index in [9.17, 15) is 4.79 Å². The van der Waals surface area contributed by atoms with Crippen molar-refractivity contribution in [3.8, 4) is 0 Å². The van der Waals surface area contributed by atoms with Gasteiger partial charge in [-0.1, -0.05) is 20.3 Å². The van der Waals surface area contributed by atoms with Crippen molar-refractivity contribution in [2.45, 2.75) is 52.7 Å². The lowest BCUT2D eigenvalue weighted by atomic mass is 10.0. The average Bonchev–Trinajstić information content (AvgIpc) is 2.59. The highest BCUT2D eigenvalue weighted by Crippen LogP contribution is 2.07. The molecule has 0 fully saturated rings. The summed E-state index contributed by atoms with van der Waals surface area (Å²) in [5.41, 5.74) is 6.08. The maximum Gasteiger partial charge on any atom is 0.328 e. The maximum atomic E-state index is 11.9. The van der Waals surface area contributed by atoms with Crippen LogP contribution >= 0.6 is 0 Å². The van der Waals surface area contributed by atoms with Crippen molar-refractivity contribution in [3.05, 3.63) is 22.9 Å².